The normalized spacial score (nSPS) is 21.7. The van der Waals surface area contributed by atoms with Gasteiger partial charge in [0.05, 0.1) is 0 Å². The summed E-state index contributed by atoms with van der Waals surface area (Å²) < 4.78 is 12.5. The molecular weight excluding hydrogens is 366 g/mol. The quantitative estimate of drug-likeness (QED) is 0.698. The first kappa shape index (κ1) is 18.1. The highest BCUT2D eigenvalue weighted by Gasteiger charge is 2.35. The Kier molecular flexibility index (Phi) is 4.94. The molecule has 0 unspecified atom stereocenters. The average molecular weight is 389 g/mol. The Hall–Kier alpha value is -2.29. The highest BCUT2D eigenvalue weighted by Crippen LogP contribution is 2.38. The molecule has 2 aliphatic heterocycles. The van der Waals surface area contributed by atoms with Gasteiger partial charge in [-0.25, -0.2) is 4.68 Å². The lowest BCUT2D eigenvalue weighted by Crippen LogP contribution is -2.47. The molecule has 1 aromatic heterocycles. The van der Waals surface area contributed by atoms with Crippen LogP contribution in [0, 0.1) is 5.41 Å². The van der Waals surface area contributed by atoms with Crippen LogP contribution < -0.4 is 9.47 Å². The number of hydrogen-bond donors (Lipinski definition) is 0. The summed E-state index contributed by atoms with van der Waals surface area (Å²) in [6.45, 7) is 4.01. The van der Waals surface area contributed by atoms with Gasteiger partial charge < -0.3 is 14.4 Å². The van der Waals surface area contributed by atoms with Gasteiger partial charge in [-0.3, -0.25) is 4.79 Å². The number of hydrogen-bond acceptors (Lipinski definition) is 7. The van der Waals surface area contributed by atoms with Crippen molar-refractivity contribution < 1.29 is 14.3 Å². The van der Waals surface area contributed by atoms with Crippen molar-refractivity contribution in [2.24, 2.45) is 12.5 Å². The van der Waals surface area contributed by atoms with Gasteiger partial charge in [-0.2, -0.15) is 0 Å². The van der Waals surface area contributed by atoms with E-state index in [1.54, 1.807) is 16.4 Å². The molecule has 1 amide bonds. The molecule has 9 heteroatoms. The third-order valence-corrected chi connectivity index (χ3v) is 6.10. The van der Waals surface area contributed by atoms with E-state index in [1.807, 2.05) is 18.0 Å². The molecule has 8 nitrogen and oxygen atoms in total. The van der Waals surface area contributed by atoms with Crippen LogP contribution in [0.5, 0.6) is 11.5 Å². The summed E-state index contributed by atoms with van der Waals surface area (Å²) in [5.74, 6) is 2.63. The first-order valence-electron chi connectivity index (χ1n) is 9.04. The van der Waals surface area contributed by atoms with Gasteiger partial charge in [0.1, 0.15) is 0 Å². The van der Waals surface area contributed by atoms with Crippen molar-refractivity contribution in [1.82, 2.24) is 25.1 Å². The van der Waals surface area contributed by atoms with Gasteiger partial charge in [-0.15, -0.1) is 5.10 Å². The van der Waals surface area contributed by atoms with Gasteiger partial charge in [-0.05, 0) is 46.4 Å². The summed E-state index contributed by atoms with van der Waals surface area (Å²) in [6.07, 6.45) is 2.40. The first-order chi connectivity index (χ1) is 13.0. The number of carbonyl (C=O) groups excluding carboxylic acids is 1. The maximum atomic E-state index is 12.4. The number of carbonyl (C=O) groups is 1. The van der Waals surface area contributed by atoms with Crippen LogP contribution in [-0.4, -0.2) is 56.6 Å². The highest BCUT2D eigenvalue weighted by molar-refractivity contribution is 7.99. The van der Waals surface area contributed by atoms with E-state index in [2.05, 4.69) is 34.6 Å². The molecule has 0 spiro atoms. The van der Waals surface area contributed by atoms with Crippen molar-refractivity contribution in [3.8, 4) is 11.5 Å². The van der Waals surface area contributed by atoms with Crippen LogP contribution in [0.25, 0.3) is 0 Å². The number of amides is 1. The average Bonchev–Trinajstić information content (AvgIpc) is 3.27. The second kappa shape index (κ2) is 7.38. The van der Waals surface area contributed by atoms with E-state index in [0.29, 0.717) is 13.0 Å². The van der Waals surface area contributed by atoms with Gasteiger partial charge in [0.15, 0.2) is 11.5 Å². The van der Waals surface area contributed by atoms with Crippen molar-refractivity contribution in [3.63, 3.8) is 0 Å². The van der Waals surface area contributed by atoms with Gasteiger partial charge in [0.2, 0.25) is 17.9 Å². The molecule has 4 rings (SSSR count). The third kappa shape index (κ3) is 4.02. The molecule has 0 saturated carbocycles. The van der Waals surface area contributed by atoms with Crippen LogP contribution in [0.3, 0.4) is 0 Å². The fraction of sp³-hybridized carbons (Fsp3) is 0.556. The molecule has 1 saturated heterocycles. The number of ether oxygens (including phenoxy) is 2. The van der Waals surface area contributed by atoms with Crippen molar-refractivity contribution in [3.05, 3.63) is 23.8 Å². The Bertz CT molecular complexity index is 842. The summed E-state index contributed by atoms with van der Waals surface area (Å²) in [6, 6.07) is 6.13. The molecule has 0 aliphatic carbocycles. The number of aryl methyl sites for hydroxylation is 1. The highest BCUT2D eigenvalue weighted by atomic mass is 32.2. The van der Waals surface area contributed by atoms with Gasteiger partial charge in [-0.1, -0.05) is 24.8 Å². The van der Waals surface area contributed by atoms with Crippen molar-refractivity contribution >= 4 is 17.7 Å². The summed E-state index contributed by atoms with van der Waals surface area (Å²) in [5.41, 5.74) is 1.27. The van der Waals surface area contributed by atoms with Gasteiger partial charge >= 0.3 is 0 Å². The maximum absolute atomic E-state index is 12.4. The summed E-state index contributed by atoms with van der Waals surface area (Å²) >= 11 is 1.57. The molecule has 1 aromatic carbocycles. The zero-order valence-corrected chi connectivity index (χ0v) is 16.4. The van der Waals surface area contributed by atoms with Crippen molar-refractivity contribution in [1.29, 1.82) is 0 Å². The summed E-state index contributed by atoms with van der Waals surface area (Å²) in [4.78, 5) is 14.4. The molecule has 27 heavy (non-hydrogen) atoms. The Morgan fingerprint density at radius 1 is 1.30 bits per heavy atom. The molecule has 2 aliphatic rings. The van der Waals surface area contributed by atoms with Crippen LogP contribution in [0.1, 0.15) is 25.3 Å². The zero-order chi connectivity index (χ0) is 18.9. The predicted molar refractivity (Wildman–Crippen MR) is 99.7 cm³/mol. The number of thioether (sulfide) groups is 1. The fourth-order valence-corrected chi connectivity index (χ4v) is 4.49. The topological polar surface area (TPSA) is 82.4 Å². The molecular formula is C18H23N5O3S. The van der Waals surface area contributed by atoms with Crippen LogP contribution in [0.15, 0.2) is 23.4 Å². The summed E-state index contributed by atoms with van der Waals surface area (Å²) in [5, 5.41) is 12.2. The molecule has 0 bridgehead atoms. The number of benzene rings is 1. The van der Waals surface area contributed by atoms with E-state index in [1.165, 1.54) is 5.56 Å². The largest absolute Gasteiger partial charge is 0.454 e. The minimum Gasteiger partial charge on any atom is -0.454 e. The lowest BCUT2D eigenvalue weighted by atomic mass is 9.76. The monoisotopic (exact) mass is 389 g/mol. The minimum absolute atomic E-state index is 0.0542. The second-order valence-electron chi connectivity index (χ2n) is 7.42. The van der Waals surface area contributed by atoms with Crippen LogP contribution in [0.2, 0.25) is 0 Å². The number of nitrogens with zero attached hydrogens (tertiary/aromatic N) is 5. The van der Waals surface area contributed by atoms with E-state index in [-0.39, 0.29) is 18.1 Å². The maximum Gasteiger partial charge on any atom is 0.231 e. The smallest absolute Gasteiger partial charge is 0.231 e. The van der Waals surface area contributed by atoms with Crippen LogP contribution in [0.4, 0.5) is 0 Å². The van der Waals surface area contributed by atoms with Gasteiger partial charge in [0, 0.05) is 32.3 Å². The lowest BCUT2D eigenvalue weighted by molar-refractivity contribution is -0.136. The molecule has 0 radical (unpaired) electrons. The molecule has 144 valence electrons. The molecule has 3 heterocycles. The number of aromatic nitrogens is 4. The fourth-order valence-electron chi connectivity index (χ4n) is 3.68. The van der Waals surface area contributed by atoms with Crippen molar-refractivity contribution in [2.45, 2.75) is 31.3 Å². The Morgan fingerprint density at radius 3 is 2.96 bits per heavy atom. The van der Waals surface area contributed by atoms with E-state index in [4.69, 9.17) is 9.47 Å². The lowest BCUT2D eigenvalue weighted by Gasteiger charge is -2.40. The molecule has 1 fully saturated rings. The van der Waals surface area contributed by atoms with Crippen LogP contribution in [-0.2, 0) is 18.3 Å². The standard InChI is InChI=1S/C18H23N5O3S/c1-18(10-13-3-4-14-15(9-13)26-12-25-14)6-5-16(24)23(11-18)7-8-27-17-19-20-21-22(17)2/h3-4,9H,5-8,10-12H2,1-2H3/t18-/m1/s1. The third-order valence-electron chi connectivity index (χ3n) is 5.11. The number of rotatable bonds is 6. The first-order valence-corrected chi connectivity index (χ1v) is 10.0. The predicted octanol–water partition coefficient (Wildman–Crippen LogP) is 1.90. The SMILES string of the molecule is Cn1nnnc1SCCN1C[C@@](C)(Cc2ccc3c(c2)OCO3)CCC1=O. The van der Waals surface area contributed by atoms with Crippen molar-refractivity contribution in [2.75, 3.05) is 25.6 Å². The van der Waals surface area contributed by atoms with E-state index in [9.17, 15) is 4.79 Å². The van der Waals surface area contributed by atoms with Gasteiger partial charge in [0.25, 0.3) is 0 Å². The second-order valence-corrected chi connectivity index (χ2v) is 8.49. The zero-order valence-electron chi connectivity index (χ0n) is 15.6. The number of fused-ring (bicyclic) bond motifs is 1. The molecule has 2 aromatic rings. The van der Waals surface area contributed by atoms with E-state index in [0.717, 1.165) is 41.8 Å². The van der Waals surface area contributed by atoms with E-state index < -0.39 is 0 Å². The number of piperidine rings is 1. The molecule has 0 N–H and O–H groups in total. The Labute approximate surface area is 162 Å². The Morgan fingerprint density at radius 2 is 2.15 bits per heavy atom. The molecule has 1 atom stereocenters. The Balaban J connectivity index is 1.37. The number of tetrazole rings is 1. The van der Waals surface area contributed by atoms with Crippen LogP contribution >= 0.6 is 11.8 Å². The number of likely N-dealkylation sites (tertiary alicyclic amines) is 1. The summed E-state index contributed by atoms with van der Waals surface area (Å²) in [7, 11) is 1.82. The van der Waals surface area contributed by atoms with E-state index >= 15 is 0 Å². The minimum atomic E-state index is 0.0542.